The zero-order chi connectivity index (χ0) is 13.5. The Morgan fingerprint density at radius 3 is 2.53 bits per heavy atom. The molecule has 100 valence electrons. The minimum Gasteiger partial charge on any atom is -0.373 e. The number of nitrogens with one attached hydrogen (secondary N) is 1. The van der Waals surface area contributed by atoms with Gasteiger partial charge < -0.3 is 4.74 Å². The minimum atomic E-state index is -3.53. The second-order valence-electron chi connectivity index (χ2n) is 4.97. The Bertz CT molecular complexity index is 618. The van der Waals surface area contributed by atoms with Crippen LogP contribution in [0.4, 0.5) is 0 Å². The maximum Gasteiger partial charge on any atom is 0.240 e. The smallest absolute Gasteiger partial charge is 0.240 e. The van der Waals surface area contributed by atoms with Crippen molar-refractivity contribution in [3.8, 4) is 6.07 Å². The van der Waals surface area contributed by atoms with Crippen LogP contribution in [0, 0.1) is 11.3 Å². The highest BCUT2D eigenvalue weighted by Crippen LogP contribution is 2.34. The van der Waals surface area contributed by atoms with E-state index in [9.17, 15) is 8.42 Å². The molecule has 0 aliphatic carbocycles. The number of hydrogen-bond donors (Lipinski definition) is 1. The van der Waals surface area contributed by atoms with Gasteiger partial charge >= 0.3 is 0 Å². The van der Waals surface area contributed by atoms with Crippen molar-refractivity contribution < 1.29 is 13.2 Å². The van der Waals surface area contributed by atoms with Crippen LogP contribution >= 0.6 is 0 Å². The molecule has 2 aliphatic rings. The number of hydrogen-bond acceptors (Lipinski definition) is 4. The van der Waals surface area contributed by atoms with Crippen molar-refractivity contribution in [2.45, 2.75) is 42.4 Å². The van der Waals surface area contributed by atoms with Gasteiger partial charge in [0.1, 0.15) is 0 Å². The van der Waals surface area contributed by atoms with E-state index in [4.69, 9.17) is 10.00 Å². The summed E-state index contributed by atoms with van der Waals surface area (Å²) >= 11 is 0. The maximum absolute atomic E-state index is 12.2. The third kappa shape index (κ3) is 2.37. The summed E-state index contributed by atoms with van der Waals surface area (Å²) in [6, 6.07) is 7.76. The van der Waals surface area contributed by atoms with Crippen LogP contribution < -0.4 is 4.72 Å². The van der Waals surface area contributed by atoms with Gasteiger partial charge in [-0.15, -0.1) is 0 Å². The molecule has 3 unspecified atom stereocenters. The first-order valence-corrected chi connectivity index (χ1v) is 7.75. The SMILES string of the molecule is N#Cc1ccc(S(=O)(=O)NC2CC3CCC2O3)cc1. The molecule has 19 heavy (non-hydrogen) atoms. The van der Waals surface area contributed by atoms with Crippen molar-refractivity contribution in [2.75, 3.05) is 0 Å². The molecule has 0 saturated carbocycles. The topological polar surface area (TPSA) is 79.2 Å². The van der Waals surface area contributed by atoms with Gasteiger partial charge in [0, 0.05) is 0 Å². The third-order valence-electron chi connectivity index (χ3n) is 3.71. The van der Waals surface area contributed by atoms with E-state index in [2.05, 4.69) is 4.72 Å². The first kappa shape index (κ1) is 12.6. The lowest BCUT2D eigenvalue weighted by molar-refractivity contribution is 0.0996. The first-order chi connectivity index (χ1) is 9.08. The molecule has 1 aromatic carbocycles. The molecular formula is C13H14N2O3S. The van der Waals surface area contributed by atoms with Crippen LogP contribution in [0.1, 0.15) is 24.8 Å². The molecule has 0 spiro atoms. The Morgan fingerprint density at radius 2 is 2.00 bits per heavy atom. The largest absolute Gasteiger partial charge is 0.373 e. The van der Waals surface area contributed by atoms with Gasteiger partial charge in [-0.25, -0.2) is 13.1 Å². The predicted molar refractivity (Wildman–Crippen MR) is 67.8 cm³/mol. The number of sulfonamides is 1. The van der Waals surface area contributed by atoms with Gasteiger partial charge in [0.05, 0.1) is 34.8 Å². The quantitative estimate of drug-likeness (QED) is 0.899. The standard InChI is InChI=1S/C13H14N2O3S/c14-8-9-1-4-11(5-2-9)19(16,17)15-12-7-10-3-6-13(12)18-10/h1-2,4-5,10,12-13,15H,3,6-7H2. The molecule has 1 N–H and O–H groups in total. The van der Waals surface area contributed by atoms with Crippen LogP contribution in [0.3, 0.4) is 0 Å². The summed E-state index contributed by atoms with van der Waals surface area (Å²) in [5.41, 5.74) is 0.446. The number of nitriles is 1. The van der Waals surface area contributed by atoms with Gasteiger partial charge in [-0.3, -0.25) is 0 Å². The van der Waals surface area contributed by atoms with Crippen molar-refractivity contribution in [1.82, 2.24) is 4.72 Å². The molecule has 0 radical (unpaired) electrons. The minimum absolute atomic E-state index is 0.0122. The number of nitrogens with zero attached hydrogens (tertiary/aromatic N) is 1. The molecule has 3 atom stereocenters. The highest BCUT2D eigenvalue weighted by Gasteiger charge is 2.42. The summed E-state index contributed by atoms with van der Waals surface area (Å²) in [5, 5.41) is 8.70. The number of fused-ring (bicyclic) bond motifs is 2. The lowest BCUT2D eigenvalue weighted by Crippen LogP contribution is -2.41. The maximum atomic E-state index is 12.2. The molecular weight excluding hydrogens is 264 g/mol. The number of rotatable bonds is 3. The Balaban J connectivity index is 1.77. The predicted octanol–water partition coefficient (Wildman–Crippen LogP) is 1.16. The molecule has 2 heterocycles. The molecule has 1 aromatic rings. The van der Waals surface area contributed by atoms with Gasteiger partial charge in [0.25, 0.3) is 0 Å². The average Bonchev–Trinajstić information content (AvgIpc) is 3.00. The summed E-state index contributed by atoms with van der Waals surface area (Å²) in [5.74, 6) is 0. The summed E-state index contributed by atoms with van der Waals surface area (Å²) in [4.78, 5) is 0.189. The summed E-state index contributed by atoms with van der Waals surface area (Å²) in [6.45, 7) is 0. The van der Waals surface area contributed by atoms with Crippen LogP contribution in [0.2, 0.25) is 0 Å². The molecule has 6 heteroatoms. The highest BCUT2D eigenvalue weighted by atomic mass is 32.2. The Kier molecular flexibility index (Phi) is 3.05. The van der Waals surface area contributed by atoms with Crippen LogP contribution in [-0.4, -0.2) is 26.7 Å². The van der Waals surface area contributed by atoms with E-state index in [1.807, 2.05) is 6.07 Å². The van der Waals surface area contributed by atoms with E-state index in [0.29, 0.717) is 5.56 Å². The fourth-order valence-corrected chi connectivity index (χ4v) is 4.01. The van der Waals surface area contributed by atoms with E-state index < -0.39 is 10.0 Å². The molecule has 5 nitrogen and oxygen atoms in total. The van der Waals surface area contributed by atoms with E-state index in [-0.39, 0.29) is 23.1 Å². The summed E-state index contributed by atoms with van der Waals surface area (Å²) < 4.78 is 32.8. The first-order valence-electron chi connectivity index (χ1n) is 6.26. The van der Waals surface area contributed by atoms with E-state index in [1.54, 1.807) is 0 Å². The second kappa shape index (κ2) is 4.60. The fourth-order valence-electron chi connectivity index (χ4n) is 2.74. The molecule has 2 saturated heterocycles. The molecule has 2 aliphatic heterocycles. The van der Waals surface area contributed by atoms with E-state index in [0.717, 1.165) is 19.3 Å². The van der Waals surface area contributed by atoms with E-state index >= 15 is 0 Å². The van der Waals surface area contributed by atoms with Crippen LogP contribution in [0.25, 0.3) is 0 Å². The van der Waals surface area contributed by atoms with Crippen LogP contribution in [0.5, 0.6) is 0 Å². The number of benzene rings is 1. The van der Waals surface area contributed by atoms with Gasteiger partial charge in [-0.2, -0.15) is 5.26 Å². The Morgan fingerprint density at radius 1 is 1.26 bits per heavy atom. The fraction of sp³-hybridized carbons (Fsp3) is 0.462. The van der Waals surface area contributed by atoms with Gasteiger partial charge in [-0.1, -0.05) is 0 Å². The molecule has 2 fully saturated rings. The van der Waals surface area contributed by atoms with Crippen LogP contribution in [-0.2, 0) is 14.8 Å². The highest BCUT2D eigenvalue weighted by molar-refractivity contribution is 7.89. The van der Waals surface area contributed by atoms with Crippen molar-refractivity contribution in [3.63, 3.8) is 0 Å². The molecule has 0 aromatic heterocycles. The monoisotopic (exact) mass is 278 g/mol. The molecule has 3 rings (SSSR count). The third-order valence-corrected chi connectivity index (χ3v) is 5.21. The molecule has 2 bridgehead atoms. The lowest BCUT2D eigenvalue weighted by atomic mass is 9.96. The van der Waals surface area contributed by atoms with Crippen molar-refractivity contribution >= 4 is 10.0 Å². The average molecular weight is 278 g/mol. The van der Waals surface area contributed by atoms with Gasteiger partial charge in [0.2, 0.25) is 10.0 Å². The Labute approximate surface area is 112 Å². The zero-order valence-corrected chi connectivity index (χ0v) is 11.1. The summed E-state index contributed by atoms with van der Waals surface area (Å²) in [6.07, 6.45) is 2.92. The zero-order valence-electron chi connectivity index (χ0n) is 10.2. The lowest BCUT2D eigenvalue weighted by Gasteiger charge is -2.19. The second-order valence-corrected chi connectivity index (χ2v) is 6.69. The number of ether oxygens (including phenoxy) is 1. The van der Waals surface area contributed by atoms with Crippen molar-refractivity contribution in [1.29, 1.82) is 5.26 Å². The normalized spacial score (nSPS) is 29.3. The van der Waals surface area contributed by atoms with Crippen molar-refractivity contribution in [2.24, 2.45) is 0 Å². The summed E-state index contributed by atoms with van der Waals surface area (Å²) in [7, 11) is -3.53. The van der Waals surface area contributed by atoms with Gasteiger partial charge in [0.15, 0.2) is 0 Å². The van der Waals surface area contributed by atoms with Crippen LogP contribution in [0.15, 0.2) is 29.2 Å². The van der Waals surface area contributed by atoms with Crippen molar-refractivity contribution in [3.05, 3.63) is 29.8 Å². The van der Waals surface area contributed by atoms with Gasteiger partial charge in [-0.05, 0) is 43.5 Å². The molecule has 0 amide bonds. The Hall–Kier alpha value is -1.42. The van der Waals surface area contributed by atoms with E-state index in [1.165, 1.54) is 24.3 Å².